The van der Waals surface area contributed by atoms with Gasteiger partial charge < -0.3 is 24.6 Å². The maximum absolute atomic E-state index is 13.0. The Morgan fingerprint density at radius 1 is 1.14 bits per heavy atom. The minimum absolute atomic E-state index is 0.161. The molecule has 7 rings (SSSR count). The molecule has 1 aromatic heterocycles. The fourth-order valence-electron chi connectivity index (χ4n) is 9.33. The molecule has 1 saturated carbocycles. The van der Waals surface area contributed by atoms with Crippen LogP contribution in [-0.2, 0) is 27.8 Å². The van der Waals surface area contributed by atoms with Crippen LogP contribution in [0.3, 0.4) is 0 Å². The van der Waals surface area contributed by atoms with E-state index in [0.717, 1.165) is 86.6 Å². The molecular weight excluding hydrogens is 730 g/mol. The van der Waals surface area contributed by atoms with Crippen LogP contribution in [-0.4, -0.2) is 72.6 Å². The van der Waals surface area contributed by atoms with Crippen LogP contribution in [0.15, 0.2) is 53.1 Å². The van der Waals surface area contributed by atoms with Crippen molar-refractivity contribution in [3.8, 4) is 11.5 Å². The van der Waals surface area contributed by atoms with Gasteiger partial charge in [0.15, 0.2) is 0 Å². The molecule has 274 valence electrons. The lowest BCUT2D eigenvalue weighted by Crippen LogP contribution is -2.53. The molecule has 8 nitrogen and oxygen atoms in total. The highest BCUT2D eigenvalue weighted by Gasteiger charge is 2.54. The molecule has 3 aliphatic carbocycles. The average molecular weight is 781 g/mol. The van der Waals surface area contributed by atoms with Crippen LogP contribution in [0, 0.1) is 11.8 Å². The minimum atomic E-state index is -1.07. The molecule has 3 atom stereocenters. The summed E-state index contributed by atoms with van der Waals surface area (Å²) in [7, 11) is 0. The van der Waals surface area contributed by atoms with E-state index < -0.39 is 11.5 Å². The number of hydrogen-bond donors (Lipinski definition) is 2. The molecule has 0 unspecified atom stereocenters. The number of carbonyl (C=O) groups is 1. The first kappa shape index (κ1) is 36.5. The molecule has 1 aliphatic heterocycles. The largest absolute Gasteiger partial charge is 0.493 e. The molecule has 10 heteroatoms. The number of ether oxygens (including phenoxy) is 3. The smallest absolute Gasteiger partial charge is 0.329 e. The zero-order chi connectivity index (χ0) is 35.6. The number of aryl methyl sites for hydroxylation is 1. The summed E-state index contributed by atoms with van der Waals surface area (Å²) in [6, 6.07) is 13.9. The Kier molecular flexibility index (Phi) is 11.2. The van der Waals surface area contributed by atoms with Crippen molar-refractivity contribution in [2.45, 2.75) is 88.5 Å². The van der Waals surface area contributed by atoms with Crippen LogP contribution in [0.2, 0.25) is 5.02 Å². The molecule has 1 spiro atoms. The van der Waals surface area contributed by atoms with Crippen molar-refractivity contribution >= 4 is 39.2 Å². The van der Waals surface area contributed by atoms with E-state index in [1.807, 2.05) is 36.5 Å². The fourth-order valence-corrected chi connectivity index (χ4v) is 10.0. The van der Waals surface area contributed by atoms with Gasteiger partial charge in [0.1, 0.15) is 23.6 Å². The average Bonchev–Trinajstić information content (AvgIpc) is 3.39. The van der Waals surface area contributed by atoms with Gasteiger partial charge in [-0.15, -0.1) is 0 Å². The first-order chi connectivity index (χ1) is 24.7. The van der Waals surface area contributed by atoms with Crippen molar-refractivity contribution in [2.24, 2.45) is 11.8 Å². The van der Waals surface area contributed by atoms with E-state index in [9.17, 15) is 9.90 Å². The number of nitrogens with zero attached hydrogens (tertiary/aromatic N) is 2. The van der Waals surface area contributed by atoms with Crippen molar-refractivity contribution in [3.63, 3.8) is 0 Å². The van der Waals surface area contributed by atoms with Crippen LogP contribution in [0.5, 0.6) is 11.5 Å². The van der Waals surface area contributed by atoms with Crippen LogP contribution < -0.4 is 14.8 Å². The number of benzene rings is 2. The summed E-state index contributed by atoms with van der Waals surface area (Å²) in [6.07, 6.45) is 9.77. The van der Waals surface area contributed by atoms with Gasteiger partial charge >= 0.3 is 5.97 Å². The Balaban J connectivity index is 1.12. The molecule has 0 radical (unpaired) electrons. The Morgan fingerprint density at radius 3 is 2.71 bits per heavy atom. The second-order valence-electron chi connectivity index (χ2n) is 15.4. The molecule has 0 amide bonds. The lowest BCUT2D eigenvalue weighted by Gasteiger charge is -2.47. The van der Waals surface area contributed by atoms with E-state index in [1.165, 1.54) is 35.2 Å². The highest BCUT2D eigenvalue weighted by Crippen LogP contribution is 2.57. The monoisotopic (exact) mass is 779 g/mol. The van der Waals surface area contributed by atoms with Gasteiger partial charge in [-0.1, -0.05) is 31.5 Å². The summed E-state index contributed by atoms with van der Waals surface area (Å²) in [5.74, 6) is 2.16. The number of pyridine rings is 1. The van der Waals surface area contributed by atoms with Gasteiger partial charge in [-0.25, -0.2) is 4.79 Å². The molecule has 2 aromatic carbocycles. The number of hydrogen-bond acceptors (Lipinski definition) is 7. The second-order valence-corrected chi connectivity index (χ2v) is 16.7. The molecule has 2 heterocycles. The van der Waals surface area contributed by atoms with Gasteiger partial charge in [0, 0.05) is 47.8 Å². The molecular formula is C41H51BrClN3O5. The molecule has 0 bridgehead atoms. The zero-order valence-corrected chi connectivity index (χ0v) is 32.2. The third-order valence-corrected chi connectivity index (χ3v) is 13.0. The lowest BCUT2D eigenvalue weighted by molar-refractivity contribution is -0.144. The lowest BCUT2D eigenvalue weighted by atomic mass is 9.59. The quantitative estimate of drug-likeness (QED) is 0.189. The van der Waals surface area contributed by atoms with Crippen molar-refractivity contribution in [1.82, 2.24) is 9.88 Å². The van der Waals surface area contributed by atoms with E-state index in [-0.39, 0.29) is 5.41 Å². The SMILES string of the molecule is C[C@@H](COc1ccnc2c1[C@H](C)CCC2)C[C@H]1Cc2cc(Br)c(OCCN3CCOCC3)cc2C12CCC(Nc1cccc(Cl)c1)(C(=O)O)CC2. The van der Waals surface area contributed by atoms with Gasteiger partial charge in [-0.3, -0.25) is 9.88 Å². The van der Waals surface area contributed by atoms with Crippen LogP contribution >= 0.6 is 27.5 Å². The van der Waals surface area contributed by atoms with Gasteiger partial charge in [0.25, 0.3) is 0 Å². The fraction of sp³-hybridized carbons (Fsp3) is 0.561. The third-order valence-electron chi connectivity index (χ3n) is 12.1. The number of halogens is 2. The number of morpholine rings is 1. The summed E-state index contributed by atoms with van der Waals surface area (Å²) < 4.78 is 19.5. The molecule has 3 aromatic rings. The first-order valence-electron chi connectivity index (χ1n) is 18.8. The number of rotatable bonds is 12. The Labute approximate surface area is 315 Å². The zero-order valence-electron chi connectivity index (χ0n) is 29.9. The molecule has 4 aliphatic rings. The normalized spacial score (nSPS) is 26.7. The number of nitrogens with one attached hydrogen (secondary N) is 1. The Hall–Kier alpha value is -2.85. The molecule has 2 N–H and O–H groups in total. The van der Waals surface area contributed by atoms with Crippen molar-refractivity contribution in [3.05, 3.63) is 80.5 Å². The second kappa shape index (κ2) is 15.6. The number of anilines is 1. The summed E-state index contributed by atoms with van der Waals surface area (Å²) in [6.45, 7) is 10.1. The molecule has 2 fully saturated rings. The number of aromatic nitrogens is 1. The number of carboxylic acids is 1. The van der Waals surface area contributed by atoms with E-state index in [0.29, 0.717) is 48.8 Å². The molecule has 1 saturated heterocycles. The van der Waals surface area contributed by atoms with Crippen LogP contribution in [0.1, 0.15) is 87.1 Å². The van der Waals surface area contributed by atoms with E-state index in [4.69, 9.17) is 25.8 Å². The van der Waals surface area contributed by atoms with E-state index in [1.54, 1.807) is 0 Å². The predicted octanol–water partition coefficient (Wildman–Crippen LogP) is 8.67. The third kappa shape index (κ3) is 7.78. The number of carboxylic acid groups (broad SMARTS) is 1. The highest BCUT2D eigenvalue weighted by molar-refractivity contribution is 9.10. The van der Waals surface area contributed by atoms with Gasteiger partial charge in [-0.05, 0) is 144 Å². The first-order valence-corrected chi connectivity index (χ1v) is 20.0. The van der Waals surface area contributed by atoms with Crippen molar-refractivity contribution < 1.29 is 24.1 Å². The molecule has 51 heavy (non-hydrogen) atoms. The maximum Gasteiger partial charge on any atom is 0.329 e. The Morgan fingerprint density at radius 2 is 1.94 bits per heavy atom. The standard InChI is InChI=1S/C41H51BrClN3O5/c1-27(26-51-36-9-14-44-35-8-3-5-28(2)38(35)36)21-30-22-29-23-34(42)37(50-20-17-46-15-18-49-19-16-46)25-33(29)40(30)10-12-41(13-11-40,39(47)48)45-32-7-4-6-31(43)24-32/h4,6-7,9,14,23-25,27-28,30,45H,3,5,8,10-13,15-22,26H2,1-2H3,(H,47,48)/t27-,28-,30+,40?,41?/m1/s1. The van der Waals surface area contributed by atoms with Gasteiger partial charge in [0.05, 0.1) is 24.3 Å². The topological polar surface area (TPSA) is 93.2 Å². The van der Waals surface area contributed by atoms with Crippen molar-refractivity contribution in [2.75, 3.05) is 51.4 Å². The summed E-state index contributed by atoms with van der Waals surface area (Å²) in [5.41, 5.74) is 4.65. The van der Waals surface area contributed by atoms with Gasteiger partial charge in [-0.2, -0.15) is 0 Å². The van der Waals surface area contributed by atoms with E-state index in [2.05, 4.69) is 57.1 Å². The van der Waals surface area contributed by atoms with Crippen LogP contribution in [0.25, 0.3) is 0 Å². The maximum atomic E-state index is 13.0. The number of fused-ring (bicyclic) bond motifs is 3. The minimum Gasteiger partial charge on any atom is -0.493 e. The number of aliphatic carboxylic acids is 1. The van der Waals surface area contributed by atoms with Crippen molar-refractivity contribution in [1.29, 1.82) is 0 Å². The highest BCUT2D eigenvalue weighted by atomic mass is 79.9. The summed E-state index contributed by atoms with van der Waals surface area (Å²) >= 11 is 10.1. The van der Waals surface area contributed by atoms with Gasteiger partial charge in [0.2, 0.25) is 0 Å². The Bertz CT molecular complexity index is 1710. The summed E-state index contributed by atoms with van der Waals surface area (Å²) in [5, 5.41) is 14.7. The predicted molar refractivity (Wildman–Crippen MR) is 205 cm³/mol. The summed E-state index contributed by atoms with van der Waals surface area (Å²) in [4.78, 5) is 20.1. The van der Waals surface area contributed by atoms with E-state index >= 15 is 0 Å². The van der Waals surface area contributed by atoms with Crippen LogP contribution in [0.4, 0.5) is 5.69 Å².